The van der Waals surface area contributed by atoms with Crippen molar-refractivity contribution in [1.29, 1.82) is 0 Å². The largest absolute Gasteiger partial charge is 0.480 e. The van der Waals surface area contributed by atoms with Crippen LogP contribution in [0.4, 0.5) is 0 Å². The third kappa shape index (κ3) is 4.05. The number of halogens is 2. The second-order valence-electron chi connectivity index (χ2n) is 4.03. The van der Waals surface area contributed by atoms with E-state index in [4.69, 9.17) is 23.2 Å². The number of benzene rings is 1. The molecule has 0 spiro atoms. The molecule has 0 bridgehead atoms. The highest BCUT2D eigenvalue weighted by Crippen LogP contribution is 2.31. The Labute approximate surface area is 121 Å². The summed E-state index contributed by atoms with van der Waals surface area (Å²) in [5.41, 5.74) is -0.981. The van der Waals surface area contributed by atoms with E-state index >= 15 is 0 Å². The number of hydrogen-bond donors (Lipinski definition) is 2. The van der Waals surface area contributed by atoms with Crippen LogP contribution in [0.3, 0.4) is 0 Å². The van der Waals surface area contributed by atoms with Crippen LogP contribution in [-0.4, -0.2) is 28.9 Å². The molecule has 0 aliphatic carbocycles. The van der Waals surface area contributed by atoms with Gasteiger partial charge in [-0.25, -0.2) is 0 Å². The first-order chi connectivity index (χ1) is 8.39. The maximum atomic E-state index is 11.2. The van der Waals surface area contributed by atoms with Gasteiger partial charge in [-0.05, 0) is 31.7 Å². The molecule has 0 aliphatic rings. The number of likely N-dealkylation sites (N-methyl/N-ethyl adjacent to an activating group) is 1. The molecule has 0 aromatic heterocycles. The zero-order valence-corrected chi connectivity index (χ0v) is 12.5. The lowest BCUT2D eigenvalue weighted by molar-refractivity contribution is -0.143. The number of rotatable bonds is 6. The van der Waals surface area contributed by atoms with Gasteiger partial charge in [-0.2, -0.15) is 0 Å². The summed E-state index contributed by atoms with van der Waals surface area (Å²) in [6, 6.07) is 5.15. The number of hydrogen-bond acceptors (Lipinski definition) is 3. The Balaban J connectivity index is 2.79. The van der Waals surface area contributed by atoms with Gasteiger partial charge in [-0.3, -0.25) is 4.79 Å². The molecule has 0 saturated carbocycles. The van der Waals surface area contributed by atoms with E-state index in [2.05, 4.69) is 5.32 Å². The molecule has 1 aromatic carbocycles. The fourth-order valence-electron chi connectivity index (χ4n) is 1.39. The van der Waals surface area contributed by atoms with E-state index in [1.165, 1.54) is 11.8 Å². The highest BCUT2D eigenvalue weighted by molar-refractivity contribution is 7.99. The molecule has 18 heavy (non-hydrogen) atoms. The van der Waals surface area contributed by atoms with Crippen molar-refractivity contribution < 1.29 is 9.90 Å². The van der Waals surface area contributed by atoms with Gasteiger partial charge in [0, 0.05) is 15.7 Å². The Kier molecular flexibility index (Phi) is 5.79. The molecule has 1 aromatic rings. The Morgan fingerprint density at radius 2 is 2.17 bits per heavy atom. The summed E-state index contributed by atoms with van der Waals surface area (Å²) < 4.78 is 0. The fraction of sp³-hybridized carbons (Fsp3) is 0.417. The second kappa shape index (κ2) is 6.66. The summed E-state index contributed by atoms with van der Waals surface area (Å²) in [7, 11) is 0. The monoisotopic (exact) mass is 307 g/mol. The third-order valence-corrected chi connectivity index (χ3v) is 4.50. The van der Waals surface area contributed by atoms with Crippen LogP contribution in [0.2, 0.25) is 10.0 Å². The van der Waals surface area contributed by atoms with Crippen LogP contribution in [-0.2, 0) is 4.79 Å². The summed E-state index contributed by atoms with van der Waals surface area (Å²) in [6.07, 6.45) is 0. The Hall–Kier alpha value is -0.420. The van der Waals surface area contributed by atoms with Gasteiger partial charge >= 0.3 is 5.97 Å². The molecule has 0 saturated heterocycles. The molecule has 6 heteroatoms. The number of aliphatic carboxylic acids is 1. The van der Waals surface area contributed by atoms with Crippen molar-refractivity contribution in [2.45, 2.75) is 24.3 Å². The quantitative estimate of drug-likeness (QED) is 0.789. The average Bonchev–Trinajstić information content (AvgIpc) is 2.30. The Bertz CT molecular complexity index is 442. The van der Waals surface area contributed by atoms with E-state index in [-0.39, 0.29) is 0 Å². The van der Waals surface area contributed by atoms with Gasteiger partial charge < -0.3 is 10.4 Å². The zero-order chi connectivity index (χ0) is 13.8. The predicted octanol–water partition coefficient (Wildman–Crippen LogP) is 3.54. The van der Waals surface area contributed by atoms with E-state index in [0.29, 0.717) is 22.3 Å². The molecule has 1 unspecified atom stereocenters. The topological polar surface area (TPSA) is 49.3 Å². The van der Waals surface area contributed by atoms with Crippen LogP contribution in [0, 0.1) is 0 Å². The number of carboxylic acids is 1. The minimum Gasteiger partial charge on any atom is -0.480 e. The van der Waals surface area contributed by atoms with Gasteiger partial charge in [0.1, 0.15) is 5.54 Å². The Morgan fingerprint density at radius 1 is 1.50 bits per heavy atom. The molecular formula is C12H15Cl2NO2S. The summed E-state index contributed by atoms with van der Waals surface area (Å²) in [5, 5.41) is 13.4. The summed E-state index contributed by atoms with van der Waals surface area (Å²) in [5.74, 6) is -0.508. The van der Waals surface area contributed by atoms with Crippen molar-refractivity contribution in [2.75, 3.05) is 12.3 Å². The minimum absolute atomic E-state index is 0.371. The number of thioether (sulfide) groups is 1. The fourth-order valence-corrected chi connectivity index (χ4v) is 2.99. The zero-order valence-electron chi connectivity index (χ0n) is 10.2. The molecule has 0 heterocycles. The lowest BCUT2D eigenvalue weighted by Crippen LogP contribution is -2.51. The SMILES string of the molecule is CCNC(C)(CSc1cc(Cl)ccc1Cl)C(=O)O. The number of nitrogens with one attached hydrogen (secondary N) is 1. The summed E-state index contributed by atoms with van der Waals surface area (Å²) in [4.78, 5) is 12.0. The number of carbonyl (C=O) groups is 1. The highest BCUT2D eigenvalue weighted by Gasteiger charge is 2.32. The van der Waals surface area contributed by atoms with Gasteiger partial charge in [0.25, 0.3) is 0 Å². The van der Waals surface area contributed by atoms with Crippen molar-refractivity contribution in [3.05, 3.63) is 28.2 Å². The third-order valence-electron chi connectivity index (χ3n) is 2.45. The summed E-state index contributed by atoms with van der Waals surface area (Å²) >= 11 is 13.3. The molecule has 1 rings (SSSR count). The van der Waals surface area contributed by atoms with E-state index in [1.54, 1.807) is 25.1 Å². The molecule has 3 nitrogen and oxygen atoms in total. The van der Waals surface area contributed by atoms with E-state index < -0.39 is 11.5 Å². The Morgan fingerprint density at radius 3 is 2.72 bits per heavy atom. The van der Waals surface area contributed by atoms with Gasteiger partial charge in [-0.1, -0.05) is 30.1 Å². The maximum absolute atomic E-state index is 11.2. The average molecular weight is 308 g/mol. The smallest absolute Gasteiger partial charge is 0.324 e. The molecular weight excluding hydrogens is 293 g/mol. The van der Waals surface area contributed by atoms with Gasteiger partial charge in [-0.15, -0.1) is 11.8 Å². The van der Waals surface area contributed by atoms with Crippen LogP contribution in [0.1, 0.15) is 13.8 Å². The van der Waals surface area contributed by atoms with Crippen LogP contribution in [0.15, 0.2) is 23.1 Å². The van der Waals surface area contributed by atoms with Gasteiger partial charge in [0.15, 0.2) is 0 Å². The lowest BCUT2D eigenvalue weighted by Gasteiger charge is -2.25. The van der Waals surface area contributed by atoms with Crippen LogP contribution >= 0.6 is 35.0 Å². The van der Waals surface area contributed by atoms with Gasteiger partial charge in [0.2, 0.25) is 0 Å². The highest BCUT2D eigenvalue weighted by atomic mass is 35.5. The van der Waals surface area contributed by atoms with E-state index in [9.17, 15) is 9.90 Å². The molecule has 100 valence electrons. The minimum atomic E-state index is -0.981. The molecule has 1 atom stereocenters. The molecule has 0 fully saturated rings. The standard InChI is InChI=1S/C12H15Cl2NO2S/c1-3-15-12(2,11(16)17)7-18-10-6-8(13)4-5-9(10)14/h4-6,15H,3,7H2,1-2H3,(H,16,17). The molecule has 0 amide bonds. The molecule has 0 radical (unpaired) electrons. The van der Waals surface area contributed by atoms with Gasteiger partial charge in [0.05, 0.1) is 5.02 Å². The lowest BCUT2D eigenvalue weighted by atomic mass is 10.1. The maximum Gasteiger partial charge on any atom is 0.324 e. The van der Waals surface area contributed by atoms with Crippen molar-refractivity contribution in [1.82, 2.24) is 5.32 Å². The number of carboxylic acid groups (broad SMARTS) is 1. The van der Waals surface area contributed by atoms with Crippen LogP contribution < -0.4 is 5.32 Å². The van der Waals surface area contributed by atoms with E-state index in [1.807, 2.05) is 6.92 Å². The summed E-state index contributed by atoms with van der Waals surface area (Å²) in [6.45, 7) is 4.12. The van der Waals surface area contributed by atoms with Crippen molar-refractivity contribution >= 4 is 40.9 Å². The first-order valence-corrected chi connectivity index (χ1v) is 7.19. The van der Waals surface area contributed by atoms with Crippen molar-refractivity contribution in [2.24, 2.45) is 0 Å². The molecule has 0 aliphatic heterocycles. The first-order valence-electron chi connectivity index (χ1n) is 5.45. The molecule has 2 N–H and O–H groups in total. The second-order valence-corrected chi connectivity index (χ2v) is 5.89. The predicted molar refractivity (Wildman–Crippen MR) is 76.9 cm³/mol. The van der Waals surface area contributed by atoms with Crippen molar-refractivity contribution in [3.8, 4) is 0 Å². The normalized spacial score (nSPS) is 14.2. The first kappa shape index (κ1) is 15.6. The van der Waals surface area contributed by atoms with Crippen molar-refractivity contribution in [3.63, 3.8) is 0 Å². The van der Waals surface area contributed by atoms with E-state index in [0.717, 1.165) is 4.90 Å². The van der Waals surface area contributed by atoms with Crippen LogP contribution in [0.5, 0.6) is 0 Å². The van der Waals surface area contributed by atoms with Crippen LogP contribution in [0.25, 0.3) is 0 Å².